The van der Waals surface area contributed by atoms with Gasteiger partial charge in [-0.25, -0.2) is 4.68 Å². The molecule has 0 aliphatic rings. The summed E-state index contributed by atoms with van der Waals surface area (Å²) in [7, 11) is 0. The topological polar surface area (TPSA) is 76.0 Å². The molecule has 3 aromatic carbocycles. The van der Waals surface area contributed by atoms with Gasteiger partial charge >= 0.3 is 0 Å². The molecular weight excluding hydrogens is 424 g/mol. The summed E-state index contributed by atoms with van der Waals surface area (Å²) in [6.07, 6.45) is 1.71. The van der Waals surface area contributed by atoms with Gasteiger partial charge in [0.2, 0.25) is 5.91 Å². The number of carbonyl (C=O) groups is 2. The molecule has 0 unspecified atom stereocenters. The predicted octanol–water partition coefficient (Wildman–Crippen LogP) is 5.14. The third-order valence-corrected chi connectivity index (χ3v) is 5.91. The van der Waals surface area contributed by atoms with Crippen molar-refractivity contribution in [3.05, 3.63) is 101 Å². The van der Waals surface area contributed by atoms with Gasteiger partial charge in [0.15, 0.2) is 0 Å². The summed E-state index contributed by atoms with van der Waals surface area (Å²) >= 11 is 0. The Morgan fingerprint density at radius 3 is 2.21 bits per heavy atom. The van der Waals surface area contributed by atoms with Gasteiger partial charge in [-0.3, -0.25) is 9.59 Å². The van der Waals surface area contributed by atoms with Gasteiger partial charge in [-0.2, -0.15) is 5.10 Å². The predicted molar refractivity (Wildman–Crippen MR) is 135 cm³/mol. The minimum atomic E-state index is -0.355. The number of hydrogen-bond acceptors (Lipinski definition) is 3. The highest BCUT2D eigenvalue weighted by molar-refractivity contribution is 6.03. The third-order valence-electron chi connectivity index (χ3n) is 5.91. The number of nitrogens with zero attached hydrogens (tertiary/aromatic N) is 2. The van der Waals surface area contributed by atoms with E-state index in [4.69, 9.17) is 5.10 Å². The van der Waals surface area contributed by atoms with E-state index in [1.165, 1.54) is 5.56 Å². The van der Waals surface area contributed by atoms with E-state index < -0.39 is 0 Å². The SMILES string of the molecule is Cc1ccc(-c2nn(-c3ccccc3)cc2C(=O)NCC(=O)Nc2c(C)cccc2C)cc1C. The zero-order valence-electron chi connectivity index (χ0n) is 19.8. The van der Waals surface area contributed by atoms with Crippen LogP contribution in [0.4, 0.5) is 5.69 Å². The Balaban J connectivity index is 1.59. The summed E-state index contributed by atoms with van der Waals surface area (Å²) in [5.41, 5.74) is 7.68. The van der Waals surface area contributed by atoms with Gasteiger partial charge in [0.1, 0.15) is 5.69 Å². The van der Waals surface area contributed by atoms with Crippen LogP contribution in [0.15, 0.2) is 72.9 Å². The number of aryl methyl sites for hydroxylation is 4. The number of nitrogens with one attached hydrogen (secondary N) is 2. The molecule has 0 radical (unpaired) electrons. The van der Waals surface area contributed by atoms with Crippen molar-refractivity contribution in [1.82, 2.24) is 15.1 Å². The van der Waals surface area contributed by atoms with E-state index in [1.54, 1.807) is 10.9 Å². The van der Waals surface area contributed by atoms with E-state index in [1.807, 2.05) is 94.4 Å². The van der Waals surface area contributed by atoms with Gasteiger partial charge in [-0.15, -0.1) is 0 Å². The van der Waals surface area contributed by atoms with Crippen LogP contribution >= 0.6 is 0 Å². The number of hydrogen-bond donors (Lipinski definition) is 2. The molecule has 0 aliphatic heterocycles. The molecule has 0 saturated carbocycles. The number of para-hydroxylation sites is 2. The molecule has 6 heteroatoms. The fraction of sp³-hybridized carbons (Fsp3) is 0.179. The van der Waals surface area contributed by atoms with Crippen LogP contribution in [0.2, 0.25) is 0 Å². The minimum absolute atomic E-state index is 0.143. The van der Waals surface area contributed by atoms with Crippen LogP contribution in [0.3, 0.4) is 0 Å². The molecule has 1 heterocycles. The lowest BCUT2D eigenvalue weighted by Gasteiger charge is -2.12. The monoisotopic (exact) mass is 452 g/mol. The highest BCUT2D eigenvalue weighted by atomic mass is 16.2. The molecule has 0 aliphatic carbocycles. The van der Waals surface area contributed by atoms with Gasteiger partial charge in [-0.1, -0.05) is 48.5 Å². The third kappa shape index (κ3) is 4.91. The molecule has 0 saturated heterocycles. The summed E-state index contributed by atoms with van der Waals surface area (Å²) in [5.74, 6) is -0.638. The van der Waals surface area contributed by atoms with E-state index in [0.29, 0.717) is 11.3 Å². The van der Waals surface area contributed by atoms with E-state index in [-0.39, 0.29) is 18.4 Å². The molecule has 0 atom stereocenters. The van der Waals surface area contributed by atoms with Crippen molar-refractivity contribution in [3.63, 3.8) is 0 Å². The van der Waals surface area contributed by atoms with Gasteiger partial charge in [-0.05, 0) is 68.1 Å². The standard InChI is InChI=1S/C28H28N4O2/c1-18-13-14-22(15-21(18)4)27-24(17-32(31-27)23-11-6-5-7-12-23)28(34)29-16-25(33)30-26-19(2)9-8-10-20(26)3/h5-15,17H,16H2,1-4H3,(H,29,34)(H,30,33). The van der Waals surface area contributed by atoms with Crippen molar-refractivity contribution < 1.29 is 9.59 Å². The fourth-order valence-corrected chi connectivity index (χ4v) is 3.81. The number of aromatic nitrogens is 2. The van der Waals surface area contributed by atoms with Crippen molar-refractivity contribution in [2.24, 2.45) is 0 Å². The Morgan fingerprint density at radius 1 is 0.824 bits per heavy atom. The summed E-state index contributed by atoms with van der Waals surface area (Å²) in [4.78, 5) is 25.8. The Bertz CT molecular complexity index is 1340. The summed E-state index contributed by atoms with van der Waals surface area (Å²) in [6, 6.07) is 21.5. The first-order valence-corrected chi connectivity index (χ1v) is 11.2. The highest BCUT2D eigenvalue weighted by Gasteiger charge is 2.20. The van der Waals surface area contributed by atoms with Crippen LogP contribution in [0.25, 0.3) is 16.9 Å². The van der Waals surface area contributed by atoms with E-state index in [0.717, 1.165) is 33.6 Å². The maximum absolute atomic E-state index is 13.2. The molecule has 34 heavy (non-hydrogen) atoms. The van der Waals surface area contributed by atoms with E-state index >= 15 is 0 Å². The first kappa shape index (κ1) is 23.0. The molecule has 0 bridgehead atoms. The van der Waals surface area contributed by atoms with Crippen LogP contribution in [0, 0.1) is 27.7 Å². The molecule has 6 nitrogen and oxygen atoms in total. The molecule has 2 N–H and O–H groups in total. The number of anilines is 1. The quantitative estimate of drug-likeness (QED) is 0.425. The van der Waals surface area contributed by atoms with Crippen LogP contribution in [-0.4, -0.2) is 28.1 Å². The Hall–Kier alpha value is -4.19. The number of rotatable bonds is 6. The highest BCUT2D eigenvalue weighted by Crippen LogP contribution is 2.26. The van der Waals surface area contributed by atoms with Crippen LogP contribution < -0.4 is 10.6 Å². The molecule has 4 aromatic rings. The average Bonchev–Trinajstić information content (AvgIpc) is 3.28. The Kier molecular flexibility index (Phi) is 6.59. The molecule has 0 fully saturated rings. The largest absolute Gasteiger partial charge is 0.343 e. The van der Waals surface area contributed by atoms with Gasteiger partial charge in [0.25, 0.3) is 5.91 Å². The first-order chi connectivity index (χ1) is 16.3. The van der Waals surface area contributed by atoms with Crippen LogP contribution in [-0.2, 0) is 4.79 Å². The molecule has 4 rings (SSSR count). The molecular formula is C28H28N4O2. The maximum Gasteiger partial charge on any atom is 0.255 e. The Morgan fingerprint density at radius 2 is 1.53 bits per heavy atom. The summed E-state index contributed by atoms with van der Waals surface area (Å²) in [5, 5.41) is 10.4. The van der Waals surface area contributed by atoms with Crippen molar-refractivity contribution in [1.29, 1.82) is 0 Å². The maximum atomic E-state index is 13.2. The smallest absolute Gasteiger partial charge is 0.255 e. The van der Waals surface area contributed by atoms with Crippen molar-refractivity contribution in [3.8, 4) is 16.9 Å². The van der Waals surface area contributed by atoms with E-state index in [9.17, 15) is 9.59 Å². The zero-order valence-corrected chi connectivity index (χ0v) is 19.8. The lowest BCUT2D eigenvalue weighted by atomic mass is 10.0. The van der Waals surface area contributed by atoms with Gasteiger partial charge in [0, 0.05) is 17.4 Å². The number of carbonyl (C=O) groups excluding carboxylic acids is 2. The number of benzene rings is 3. The second kappa shape index (κ2) is 9.75. The average molecular weight is 453 g/mol. The number of amides is 2. The minimum Gasteiger partial charge on any atom is -0.343 e. The summed E-state index contributed by atoms with van der Waals surface area (Å²) < 4.78 is 1.69. The normalized spacial score (nSPS) is 10.7. The van der Waals surface area contributed by atoms with Crippen LogP contribution in [0.1, 0.15) is 32.6 Å². The zero-order chi connectivity index (χ0) is 24.2. The lowest BCUT2D eigenvalue weighted by Crippen LogP contribution is -2.33. The van der Waals surface area contributed by atoms with Gasteiger partial charge in [0.05, 0.1) is 17.8 Å². The van der Waals surface area contributed by atoms with E-state index in [2.05, 4.69) is 10.6 Å². The molecule has 1 aromatic heterocycles. The van der Waals surface area contributed by atoms with Crippen molar-refractivity contribution >= 4 is 17.5 Å². The molecule has 0 spiro atoms. The molecule has 2 amide bonds. The Labute approximate surface area is 199 Å². The second-order valence-electron chi connectivity index (χ2n) is 8.47. The second-order valence-corrected chi connectivity index (χ2v) is 8.47. The van der Waals surface area contributed by atoms with Crippen LogP contribution in [0.5, 0.6) is 0 Å². The van der Waals surface area contributed by atoms with Crippen molar-refractivity contribution in [2.45, 2.75) is 27.7 Å². The van der Waals surface area contributed by atoms with Gasteiger partial charge < -0.3 is 10.6 Å². The van der Waals surface area contributed by atoms with Crippen molar-refractivity contribution in [2.75, 3.05) is 11.9 Å². The lowest BCUT2D eigenvalue weighted by molar-refractivity contribution is -0.115. The molecule has 172 valence electrons. The summed E-state index contributed by atoms with van der Waals surface area (Å²) in [6.45, 7) is 7.81. The fourth-order valence-electron chi connectivity index (χ4n) is 3.81. The first-order valence-electron chi connectivity index (χ1n) is 11.2.